The molecule has 1 aliphatic heterocycles. The Hall–Kier alpha value is -1.76. The first-order chi connectivity index (χ1) is 10.5. The van der Waals surface area contributed by atoms with E-state index in [0.717, 1.165) is 12.8 Å². The van der Waals surface area contributed by atoms with E-state index in [2.05, 4.69) is 10.3 Å². The third-order valence-electron chi connectivity index (χ3n) is 3.76. The largest absolute Gasteiger partial charge is 0.418 e. The summed E-state index contributed by atoms with van der Waals surface area (Å²) in [6, 6.07) is 4.50. The molecule has 0 spiro atoms. The monoisotopic (exact) mass is 327 g/mol. The van der Waals surface area contributed by atoms with Crippen LogP contribution in [0.2, 0.25) is 0 Å². The van der Waals surface area contributed by atoms with E-state index >= 15 is 0 Å². The van der Waals surface area contributed by atoms with Crippen LogP contribution in [0.3, 0.4) is 0 Å². The molecule has 1 aromatic carbocycles. The minimum atomic E-state index is -4.37. The molecule has 0 radical (unpaired) electrons. The Morgan fingerprint density at radius 2 is 1.95 bits per heavy atom. The van der Waals surface area contributed by atoms with E-state index < -0.39 is 11.7 Å². The number of benzene rings is 1. The second kappa shape index (κ2) is 5.79. The number of nitrogens with one attached hydrogen (secondary N) is 1. The van der Waals surface area contributed by atoms with Crippen LogP contribution in [-0.4, -0.2) is 25.1 Å². The molecule has 0 bridgehead atoms. The van der Waals surface area contributed by atoms with E-state index in [9.17, 15) is 13.2 Å². The number of anilines is 2. The summed E-state index contributed by atoms with van der Waals surface area (Å²) in [4.78, 5) is 6.09. The lowest BCUT2D eigenvalue weighted by Crippen LogP contribution is -2.22. The van der Waals surface area contributed by atoms with Gasteiger partial charge in [0.15, 0.2) is 5.13 Å². The molecule has 2 heterocycles. The molecule has 7 heteroatoms. The van der Waals surface area contributed by atoms with E-state index in [1.807, 2.05) is 4.90 Å². The van der Waals surface area contributed by atoms with Gasteiger partial charge in [-0.25, -0.2) is 4.98 Å². The number of alkyl halides is 3. The highest BCUT2D eigenvalue weighted by Gasteiger charge is 2.35. The highest BCUT2D eigenvalue weighted by Crippen LogP contribution is 2.40. The van der Waals surface area contributed by atoms with Crippen LogP contribution >= 0.6 is 11.3 Å². The number of hydrogen-bond acceptors (Lipinski definition) is 4. The van der Waals surface area contributed by atoms with Gasteiger partial charge in [0.25, 0.3) is 0 Å². The van der Waals surface area contributed by atoms with Gasteiger partial charge in [-0.2, -0.15) is 13.2 Å². The molecule has 2 aromatic rings. The first kappa shape index (κ1) is 15.1. The van der Waals surface area contributed by atoms with Crippen molar-refractivity contribution in [3.8, 4) is 11.3 Å². The summed E-state index contributed by atoms with van der Waals surface area (Å²) < 4.78 is 40.2. The number of halogens is 3. The van der Waals surface area contributed by atoms with Crippen molar-refractivity contribution in [2.24, 2.45) is 0 Å². The average Bonchev–Trinajstić information content (AvgIpc) is 3.17. The lowest BCUT2D eigenvalue weighted by molar-refractivity contribution is -0.137. The quantitative estimate of drug-likeness (QED) is 0.901. The van der Waals surface area contributed by atoms with E-state index in [0.29, 0.717) is 29.5 Å². The van der Waals surface area contributed by atoms with E-state index in [-0.39, 0.29) is 5.69 Å². The predicted molar refractivity (Wildman–Crippen MR) is 83.5 cm³/mol. The fourth-order valence-electron chi connectivity index (χ4n) is 2.68. The van der Waals surface area contributed by atoms with Gasteiger partial charge < -0.3 is 10.2 Å². The van der Waals surface area contributed by atoms with Crippen LogP contribution in [0, 0.1) is 0 Å². The van der Waals surface area contributed by atoms with E-state index in [1.54, 1.807) is 24.6 Å². The minimum Gasteiger partial charge on any atom is -0.371 e. The zero-order chi connectivity index (χ0) is 15.7. The second-order valence-electron chi connectivity index (χ2n) is 5.21. The Balaban J connectivity index is 2.03. The van der Waals surface area contributed by atoms with Gasteiger partial charge in [0.2, 0.25) is 0 Å². The summed E-state index contributed by atoms with van der Waals surface area (Å²) in [6.45, 7) is 1.37. The molecule has 22 heavy (non-hydrogen) atoms. The number of aromatic nitrogens is 1. The van der Waals surface area contributed by atoms with Gasteiger partial charge in [-0.05, 0) is 25.0 Å². The van der Waals surface area contributed by atoms with Gasteiger partial charge in [0.1, 0.15) is 0 Å². The number of nitrogens with zero attached hydrogens (tertiary/aromatic N) is 2. The Bertz CT molecular complexity index is 660. The van der Waals surface area contributed by atoms with Crippen molar-refractivity contribution in [1.82, 2.24) is 4.98 Å². The fraction of sp³-hybridized carbons (Fsp3) is 0.400. The zero-order valence-electron chi connectivity index (χ0n) is 12.1. The third kappa shape index (κ3) is 2.90. The molecule has 1 N–H and O–H groups in total. The van der Waals surface area contributed by atoms with Gasteiger partial charge in [-0.1, -0.05) is 6.07 Å². The molecule has 0 atom stereocenters. The molecule has 0 unspecified atom stereocenters. The van der Waals surface area contributed by atoms with Crippen LogP contribution in [0.15, 0.2) is 23.6 Å². The number of rotatable bonds is 3. The Labute approximate surface area is 130 Å². The van der Waals surface area contributed by atoms with Crippen molar-refractivity contribution in [1.29, 1.82) is 0 Å². The summed E-state index contributed by atoms with van der Waals surface area (Å²) in [5.41, 5.74) is 0.754. The lowest BCUT2D eigenvalue weighted by Gasteiger charge is -2.23. The van der Waals surface area contributed by atoms with Crippen LogP contribution < -0.4 is 10.2 Å². The maximum atomic E-state index is 13.4. The topological polar surface area (TPSA) is 28.2 Å². The van der Waals surface area contributed by atoms with Gasteiger partial charge in [0.05, 0.1) is 11.3 Å². The van der Waals surface area contributed by atoms with Crippen molar-refractivity contribution >= 4 is 22.2 Å². The predicted octanol–water partition coefficient (Wildman–Crippen LogP) is 4.47. The Morgan fingerprint density at radius 3 is 2.55 bits per heavy atom. The van der Waals surface area contributed by atoms with E-state index in [1.165, 1.54) is 17.4 Å². The highest BCUT2D eigenvalue weighted by atomic mass is 32.1. The average molecular weight is 327 g/mol. The number of thiazole rings is 1. The summed E-state index contributed by atoms with van der Waals surface area (Å²) in [6.07, 6.45) is -2.48. The molecule has 3 nitrogen and oxygen atoms in total. The first-order valence-electron chi connectivity index (χ1n) is 7.09. The molecule has 0 aliphatic carbocycles. The van der Waals surface area contributed by atoms with Crippen molar-refractivity contribution in [3.63, 3.8) is 0 Å². The molecule has 1 aliphatic rings. The fourth-order valence-corrected chi connectivity index (χ4v) is 3.36. The summed E-state index contributed by atoms with van der Waals surface area (Å²) in [5.74, 6) is 0. The van der Waals surface area contributed by atoms with Crippen LogP contribution in [0.4, 0.5) is 24.0 Å². The molecule has 0 amide bonds. The van der Waals surface area contributed by atoms with Crippen LogP contribution in [0.5, 0.6) is 0 Å². The summed E-state index contributed by atoms with van der Waals surface area (Å²) >= 11 is 1.37. The zero-order valence-corrected chi connectivity index (χ0v) is 12.9. The highest BCUT2D eigenvalue weighted by molar-refractivity contribution is 7.14. The maximum absolute atomic E-state index is 13.4. The molecule has 1 saturated heterocycles. The second-order valence-corrected chi connectivity index (χ2v) is 6.07. The molecular weight excluding hydrogens is 311 g/mol. The van der Waals surface area contributed by atoms with Gasteiger partial charge in [-0.15, -0.1) is 11.3 Å². The van der Waals surface area contributed by atoms with Crippen LogP contribution in [0.1, 0.15) is 18.4 Å². The molecular formula is C15H16F3N3S. The van der Waals surface area contributed by atoms with Gasteiger partial charge in [-0.3, -0.25) is 0 Å². The van der Waals surface area contributed by atoms with Gasteiger partial charge in [0, 0.05) is 36.8 Å². The maximum Gasteiger partial charge on any atom is 0.418 e. The Morgan fingerprint density at radius 1 is 1.23 bits per heavy atom. The van der Waals surface area contributed by atoms with Crippen molar-refractivity contribution < 1.29 is 13.2 Å². The molecule has 0 saturated carbocycles. The molecule has 118 valence electrons. The molecule has 3 rings (SSSR count). The van der Waals surface area contributed by atoms with Crippen LogP contribution in [-0.2, 0) is 6.18 Å². The van der Waals surface area contributed by atoms with Crippen molar-refractivity contribution in [3.05, 3.63) is 29.1 Å². The van der Waals surface area contributed by atoms with Crippen LogP contribution in [0.25, 0.3) is 11.3 Å². The van der Waals surface area contributed by atoms with E-state index in [4.69, 9.17) is 0 Å². The molecule has 1 fully saturated rings. The first-order valence-corrected chi connectivity index (χ1v) is 7.97. The SMILES string of the molecule is CNc1nc(-c2ccc(N3CCCC3)c(C(F)(F)F)c2)cs1. The minimum absolute atomic E-state index is 0.276. The van der Waals surface area contributed by atoms with Crippen molar-refractivity contribution in [2.45, 2.75) is 19.0 Å². The molecule has 1 aromatic heterocycles. The lowest BCUT2D eigenvalue weighted by atomic mass is 10.1. The van der Waals surface area contributed by atoms with Gasteiger partial charge >= 0.3 is 6.18 Å². The smallest absolute Gasteiger partial charge is 0.371 e. The third-order valence-corrected chi connectivity index (χ3v) is 4.62. The van der Waals surface area contributed by atoms with Crippen molar-refractivity contribution in [2.75, 3.05) is 30.4 Å². The normalized spacial score (nSPS) is 15.4. The summed E-state index contributed by atoms with van der Waals surface area (Å²) in [7, 11) is 1.74. The number of hydrogen-bond donors (Lipinski definition) is 1. The Kier molecular flexibility index (Phi) is 3.99. The standard InChI is InChI=1S/C15H16F3N3S/c1-19-14-20-12(9-22-14)10-4-5-13(21-6-2-3-7-21)11(8-10)15(16,17)18/h4-5,8-9H,2-3,6-7H2,1H3,(H,19,20). The summed E-state index contributed by atoms with van der Waals surface area (Å²) in [5, 5.41) is 5.34.